The van der Waals surface area contributed by atoms with Crippen molar-refractivity contribution in [2.45, 2.75) is 46.1 Å². The maximum Gasteiger partial charge on any atom is 0.338 e. The molecule has 230 valence electrons. The van der Waals surface area contributed by atoms with Crippen LogP contribution in [-0.2, 0) is 25.8 Å². The summed E-state index contributed by atoms with van der Waals surface area (Å²) in [5.41, 5.74) is 1.71. The van der Waals surface area contributed by atoms with Crippen LogP contribution in [-0.4, -0.2) is 56.2 Å². The van der Waals surface area contributed by atoms with Crippen molar-refractivity contribution >= 4 is 24.2 Å². The van der Waals surface area contributed by atoms with Crippen LogP contribution < -0.4 is 15.4 Å². The number of hydroxylamine groups is 2. The number of hydrogen-bond donors (Lipinski definition) is 2. The molecule has 0 fully saturated rings. The van der Waals surface area contributed by atoms with Gasteiger partial charge in [-0.05, 0) is 49.2 Å². The zero-order chi connectivity index (χ0) is 31.0. The van der Waals surface area contributed by atoms with Crippen molar-refractivity contribution in [1.82, 2.24) is 15.7 Å². The average Bonchev–Trinajstić information content (AvgIpc) is 3.53. The van der Waals surface area contributed by atoms with Gasteiger partial charge in [0, 0.05) is 5.56 Å². The maximum atomic E-state index is 13.0. The highest BCUT2D eigenvalue weighted by Gasteiger charge is 2.22. The molecular weight excluding hydrogens is 554 g/mol. The van der Waals surface area contributed by atoms with Gasteiger partial charge < -0.3 is 24.5 Å². The Hall–Kier alpha value is -4.64. The lowest BCUT2D eigenvalue weighted by Gasteiger charge is -2.23. The Morgan fingerprint density at radius 2 is 1.79 bits per heavy atom. The number of unbranched alkanes of at least 4 members (excludes halogenated alkanes) is 2. The van der Waals surface area contributed by atoms with Gasteiger partial charge in [0.05, 0.1) is 38.4 Å². The molecule has 11 heteroatoms. The fourth-order valence-corrected chi connectivity index (χ4v) is 4.31. The minimum atomic E-state index is -0.538. The fourth-order valence-electron chi connectivity index (χ4n) is 4.31. The molecule has 43 heavy (non-hydrogen) atoms. The minimum absolute atomic E-state index is 0.0200. The summed E-state index contributed by atoms with van der Waals surface area (Å²) in [5.74, 6) is -1.08. The lowest BCUT2D eigenvalue weighted by Crippen LogP contribution is -2.43. The van der Waals surface area contributed by atoms with Gasteiger partial charge in [0.15, 0.2) is 5.76 Å². The number of rotatable bonds is 18. The van der Waals surface area contributed by atoms with Crippen molar-refractivity contribution in [3.63, 3.8) is 0 Å². The molecule has 3 amide bonds. The lowest BCUT2D eigenvalue weighted by molar-refractivity contribution is -0.182. The van der Waals surface area contributed by atoms with Crippen LogP contribution in [0.3, 0.4) is 0 Å². The van der Waals surface area contributed by atoms with Gasteiger partial charge in [-0.15, -0.1) is 0 Å². The van der Waals surface area contributed by atoms with Crippen LogP contribution in [0.25, 0.3) is 11.3 Å². The molecule has 1 atom stereocenters. The van der Waals surface area contributed by atoms with Gasteiger partial charge in [0.2, 0.25) is 12.3 Å². The van der Waals surface area contributed by atoms with E-state index in [1.165, 1.54) is 13.2 Å². The van der Waals surface area contributed by atoms with Gasteiger partial charge in [-0.3, -0.25) is 19.2 Å². The number of carbonyl (C=O) groups excluding carboxylic acids is 4. The zero-order valence-corrected chi connectivity index (χ0v) is 24.8. The van der Waals surface area contributed by atoms with Gasteiger partial charge in [0.25, 0.3) is 5.91 Å². The molecular formula is C32H39N3O8. The van der Waals surface area contributed by atoms with E-state index >= 15 is 0 Å². The Kier molecular flexibility index (Phi) is 13.3. The summed E-state index contributed by atoms with van der Waals surface area (Å²) in [6, 6.07) is 17.4. The Morgan fingerprint density at radius 3 is 2.49 bits per heavy atom. The number of furan rings is 1. The van der Waals surface area contributed by atoms with Crippen LogP contribution in [0.15, 0.2) is 65.1 Å². The summed E-state index contributed by atoms with van der Waals surface area (Å²) in [7, 11) is 1.29. The molecule has 11 nitrogen and oxygen atoms in total. The number of esters is 1. The van der Waals surface area contributed by atoms with E-state index < -0.39 is 17.8 Å². The molecule has 0 bridgehead atoms. The monoisotopic (exact) mass is 593 g/mol. The third-order valence-corrected chi connectivity index (χ3v) is 6.55. The van der Waals surface area contributed by atoms with Crippen molar-refractivity contribution in [2.24, 2.45) is 5.92 Å². The SMILES string of the molecule is CCCCC[C@H](CN(C=O)OCc1ccccc1)C(=O)NCNC(=O)c1ccc(-c2cc(OCC)cc(C(=O)OC)c2)o1. The summed E-state index contributed by atoms with van der Waals surface area (Å²) >= 11 is 0. The van der Waals surface area contributed by atoms with Crippen molar-refractivity contribution in [1.29, 1.82) is 0 Å². The summed E-state index contributed by atoms with van der Waals surface area (Å²) in [6.45, 7) is 4.42. The van der Waals surface area contributed by atoms with Crippen molar-refractivity contribution < 1.29 is 37.9 Å². The summed E-state index contributed by atoms with van der Waals surface area (Å²) < 4.78 is 16.1. The molecule has 2 N–H and O–H groups in total. The standard InChI is InChI=1S/C32H39N3O8/c1-4-6-8-13-24(19-35(22-36)42-20-23-11-9-7-10-12-23)30(37)33-21-34-31(38)29-15-14-28(43-29)25-16-26(32(39)40-3)18-27(17-25)41-5-2/h7,9-12,14-18,22,24H,4-6,8,13,19-21H2,1-3H3,(H,33,37)(H,34,38)/t24-/m1/s1. The summed E-state index contributed by atoms with van der Waals surface area (Å²) in [5, 5.41) is 6.48. The first-order valence-electron chi connectivity index (χ1n) is 14.3. The highest BCUT2D eigenvalue weighted by molar-refractivity contribution is 5.93. The smallest absolute Gasteiger partial charge is 0.338 e. The Morgan fingerprint density at radius 1 is 1.00 bits per heavy atom. The van der Waals surface area contributed by atoms with Crippen LogP contribution >= 0.6 is 0 Å². The topological polar surface area (TPSA) is 136 Å². The van der Waals surface area contributed by atoms with Crippen molar-refractivity contribution in [2.75, 3.05) is 26.9 Å². The molecule has 1 heterocycles. The zero-order valence-electron chi connectivity index (χ0n) is 24.8. The molecule has 0 spiro atoms. The van der Waals surface area contributed by atoms with Gasteiger partial charge >= 0.3 is 5.97 Å². The molecule has 0 saturated carbocycles. The second kappa shape index (κ2) is 17.3. The predicted molar refractivity (Wildman–Crippen MR) is 159 cm³/mol. The van der Waals surface area contributed by atoms with Gasteiger partial charge in [0.1, 0.15) is 18.1 Å². The number of methoxy groups -OCH3 is 1. The lowest BCUT2D eigenvalue weighted by atomic mass is 10.0. The highest BCUT2D eigenvalue weighted by Crippen LogP contribution is 2.28. The number of nitrogens with one attached hydrogen (secondary N) is 2. The van der Waals surface area contributed by atoms with E-state index in [-0.39, 0.29) is 37.1 Å². The van der Waals surface area contributed by atoms with E-state index in [1.807, 2.05) is 37.3 Å². The van der Waals surface area contributed by atoms with Crippen molar-refractivity contribution in [3.05, 3.63) is 77.6 Å². The first-order chi connectivity index (χ1) is 20.9. The van der Waals surface area contributed by atoms with Crippen LogP contribution in [0.5, 0.6) is 5.75 Å². The molecule has 0 unspecified atom stereocenters. The van der Waals surface area contributed by atoms with E-state index in [2.05, 4.69) is 17.6 Å². The molecule has 1 aromatic heterocycles. The van der Waals surface area contributed by atoms with Crippen LogP contribution in [0.1, 0.15) is 66.0 Å². The Labute approximate surface area is 251 Å². The minimum Gasteiger partial charge on any atom is -0.494 e. The second-order valence-corrected chi connectivity index (χ2v) is 9.72. The van der Waals surface area contributed by atoms with E-state index in [4.69, 9.17) is 18.7 Å². The van der Waals surface area contributed by atoms with Crippen molar-refractivity contribution in [3.8, 4) is 17.1 Å². The number of amides is 3. The quantitative estimate of drug-likeness (QED) is 0.0711. The first-order valence-corrected chi connectivity index (χ1v) is 14.3. The predicted octanol–water partition coefficient (Wildman–Crippen LogP) is 4.72. The molecule has 3 rings (SSSR count). The molecule has 2 aromatic carbocycles. The Balaban J connectivity index is 1.59. The number of carbonyl (C=O) groups is 4. The van der Waals surface area contributed by atoms with E-state index in [0.717, 1.165) is 29.9 Å². The maximum absolute atomic E-state index is 13.0. The van der Waals surface area contributed by atoms with Gasteiger partial charge in [-0.1, -0.05) is 56.5 Å². The third-order valence-electron chi connectivity index (χ3n) is 6.55. The summed E-state index contributed by atoms with van der Waals surface area (Å²) in [6.07, 6.45) is 3.86. The fraction of sp³-hybridized carbons (Fsp3) is 0.375. The molecule has 3 aromatic rings. The number of ether oxygens (including phenoxy) is 2. The highest BCUT2D eigenvalue weighted by atomic mass is 16.7. The van der Waals surface area contributed by atoms with E-state index in [1.54, 1.807) is 24.3 Å². The number of hydrogen-bond acceptors (Lipinski definition) is 8. The second-order valence-electron chi connectivity index (χ2n) is 9.72. The Bertz CT molecular complexity index is 1340. The average molecular weight is 594 g/mol. The molecule has 0 saturated heterocycles. The normalized spacial score (nSPS) is 11.3. The van der Waals surface area contributed by atoms with Crippen LogP contribution in [0.4, 0.5) is 0 Å². The molecule has 0 aliphatic carbocycles. The van der Waals surface area contributed by atoms with Gasteiger partial charge in [-0.2, -0.15) is 0 Å². The number of benzene rings is 2. The number of nitrogens with zero attached hydrogens (tertiary/aromatic N) is 1. The molecule has 0 aliphatic rings. The third kappa shape index (κ3) is 10.3. The van der Waals surface area contributed by atoms with Crippen LogP contribution in [0.2, 0.25) is 0 Å². The van der Waals surface area contributed by atoms with Crippen LogP contribution in [0, 0.1) is 5.92 Å². The molecule has 0 radical (unpaired) electrons. The van der Waals surface area contributed by atoms with E-state index in [0.29, 0.717) is 36.5 Å². The largest absolute Gasteiger partial charge is 0.494 e. The summed E-state index contributed by atoms with van der Waals surface area (Å²) in [4.78, 5) is 55.2. The van der Waals surface area contributed by atoms with E-state index in [9.17, 15) is 19.2 Å². The first kappa shape index (κ1) is 32.9. The molecule has 0 aliphatic heterocycles. The van der Waals surface area contributed by atoms with Gasteiger partial charge in [-0.25, -0.2) is 9.86 Å².